The number of carbonyl (C=O) groups excluding carboxylic acids is 1. The summed E-state index contributed by atoms with van der Waals surface area (Å²) in [6.07, 6.45) is 5.36. The summed E-state index contributed by atoms with van der Waals surface area (Å²) in [6.45, 7) is 4.03. The summed E-state index contributed by atoms with van der Waals surface area (Å²) >= 11 is 0. The first kappa shape index (κ1) is 16.1. The van der Waals surface area contributed by atoms with Crippen LogP contribution < -0.4 is 15.6 Å². The third-order valence-electron chi connectivity index (χ3n) is 4.10. The molecule has 0 saturated carbocycles. The average Bonchev–Trinajstić information content (AvgIpc) is 3.04. The predicted octanol–water partition coefficient (Wildman–Crippen LogP) is 0.515. The van der Waals surface area contributed by atoms with Crippen molar-refractivity contribution in [3.63, 3.8) is 0 Å². The van der Waals surface area contributed by atoms with Gasteiger partial charge in [-0.15, -0.1) is 0 Å². The Morgan fingerprint density at radius 3 is 2.96 bits per heavy atom. The standard InChI is InChI=1S/C16H20N6O2/c1-11-9-13(23)14(21-20-11)15(24)17-7-3-12-4-8-22(10-12)16-18-5-2-6-19-16/h2,5-6,9,12H,3-4,7-8,10H2,1H3,(H,17,24)(H,20,23). The highest BCUT2D eigenvalue weighted by atomic mass is 16.2. The molecule has 0 aliphatic carbocycles. The van der Waals surface area contributed by atoms with Crippen LogP contribution in [0.15, 0.2) is 29.3 Å². The Labute approximate surface area is 139 Å². The van der Waals surface area contributed by atoms with E-state index in [0.717, 1.165) is 31.9 Å². The molecule has 1 aliphatic heterocycles. The number of rotatable bonds is 5. The fourth-order valence-electron chi connectivity index (χ4n) is 2.84. The Morgan fingerprint density at radius 2 is 2.21 bits per heavy atom. The molecule has 0 bridgehead atoms. The van der Waals surface area contributed by atoms with E-state index in [4.69, 9.17) is 0 Å². The van der Waals surface area contributed by atoms with Crippen LogP contribution in [-0.4, -0.2) is 45.7 Å². The second-order valence-electron chi connectivity index (χ2n) is 5.96. The summed E-state index contributed by atoms with van der Waals surface area (Å²) in [4.78, 5) is 34.4. The van der Waals surface area contributed by atoms with Crippen LogP contribution in [-0.2, 0) is 0 Å². The summed E-state index contributed by atoms with van der Waals surface area (Å²) in [5.74, 6) is 0.787. The lowest BCUT2D eigenvalue weighted by atomic mass is 10.1. The second-order valence-corrected chi connectivity index (χ2v) is 5.96. The summed E-state index contributed by atoms with van der Waals surface area (Å²) in [5.41, 5.74) is 0.175. The van der Waals surface area contributed by atoms with Crippen molar-refractivity contribution in [1.29, 1.82) is 0 Å². The first-order valence-electron chi connectivity index (χ1n) is 8.00. The molecule has 1 unspecified atom stereocenters. The summed E-state index contributed by atoms with van der Waals surface area (Å²) in [7, 11) is 0. The number of aromatic nitrogens is 4. The zero-order valence-corrected chi connectivity index (χ0v) is 13.5. The molecule has 2 aromatic rings. The number of H-pyrrole nitrogens is 1. The summed E-state index contributed by atoms with van der Waals surface area (Å²) in [5, 5.41) is 9.22. The maximum Gasteiger partial charge on any atom is 0.275 e. The molecule has 8 heteroatoms. The highest BCUT2D eigenvalue weighted by Gasteiger charge is 2.24. The minimum atomic E-state index is -0.433. The van der Waals surface area contributed by atoms with E-state index in [0.29, 0.717) is 18.2 Å². The molecular formula is C16H20N6O2. The van der Waals surface area contributed by atoms with Crippen molar-refractivity contribution in [2.75, 3.05) is 24.5 Å². The molecule has 8 nitrogen and oxygen atoms in total. The molecule has 2 N–H and O–H groups in total. The van der Waals surface area contributed by atoms with E-state index in [1.807, 2.05) is 0 Å². The van der Waals surface area contributed by atoms with Gasteiger partial charge in [-0.3, -0.25) is 14.7 Å². The van der Waals surface area contributed by atoms with Crippen LogP contribution in [0.5, 0.6) is 0 Å². The van der Waals surface area contributed by atoms with Crippen LogP contribution in [0.3, 0.4) is 0 Å². The lowest BCUT2D eigenvalue weighted by Gasteiger charge is -2.15. The normalized spacial score (nSPS) is 17.0. The Kier molecular flexibility index (Phi) is 4.83. The third-order valence-corrected chi connectivity index (χ3v) is 4.10. The van der Waals surface area contributed by atoms with E-state index in [1.54, 1.807) is 25.4 Å². The lowest BCUT2D eigenvalue weighted by Crippen LogP contribution is -2.32. The van der Waals surface area contributed by atoms with E-state index in [9.17, 15) is 9.59 Å². The number of anilines is 1. The molecule has 1 amide bonds. The van der Waals surface area contributed by atoms with Gasteiger partial charge in [-0.1, -0.05) is 0 Å². The monoisotopic (exact) mass is 328 g/mol. The van der Waals surface area contributed by atoms with E-state index < -0.39 is 5.91 Å². The van der Waals surface area contributed by atoms with Crippen molar-refractivity contribution in [3.05, 3.63) is 46.1 Å². The average molecular weight is 328 g/mol. The Balaban J connectivity index is 1.47. The fourth-order valence-corrected chi connectivity index (χ4v) is 2.84. The van der Waals surface area contributed by atoms with Gasteiger partial charge in [0.15, 0.2) is 5.69 Å². The van der Waals surface area contributed by atoms with Gasteiger partial charge >= 0.3 is 0 Å². The van der Waals surface area contributed by atoms with Crippen LogP contribution in [0, 0.1) is 12.8 Å². The van der Waals surface area contributed by atoms with Crippen LogP contribution >= 0.6 is 0 Å². The van der Waals surface area contributed by atoms with Gasteiger partial charge in [-0.05, 0) is 31.7 Å². The van der Waals surface area contributed by atoms with Gasteiger partial charge in [0.1, 0.15) is 0 Å². The van der Waals surface area contributed by atoms with Gasteiger partial charge in [0, 0.05) is 43.8 Å². The summed E-state index contributed by atoms with van der Waals surface area (Å²) in [6, 6.07) is 3.17. The minimum Gasteiger partial charge on any atom is -0.351 e. The number of amides is 1. The van der Waals surface area contributed by atoms with Crippen molar-refractivity contribution in [1.82, 2.24) is 25.5 Å². The van der Waals surface area contributed by atoms with Gasteiger partial charge in [-0.25, -0.2) is 9.97 Å². The number of aryl methyl sites for hydroxylation is 1. The SMILES string of the molecule is Cc1cc(=O)c(C(=O)NCCC2CCN(c3ncccn3)C2)n[nH]1. The molecule has 0 spiro atoms. The molecule has 3 heterocycles. The molecule has 24 heavy (non-hydrogen) atoms. The molecule has 1 fully saturated rings. The van der Waals surface area contributed by atoms with E-state index in [1.165, 1.54) is 6.07 Å². The summed E-state index contributed by atoms with van der Waals surface area (Å²) < 4.78 is 0. The number of nitrogens with zero attached hydrogens (tertiary/aromatic N) is 4. The Hall–Kier alpha value is -2.77. The molecule has 0 radical (unpaired) electrons. The number of hydrogen-bond donors (Lipinski definition) is 2. The first-order chi connectivity index (χ1) is 11.6. The topological polar surface area (TPSA) is 104 Å². The minimum absolute atomic E-state index is 0.0914. The third kappa shape index (κ3) is 3.76. The van der Waals surface area contributed by atoms with Crippen LogP contribution in [0.1, 0.15) is 29.0 Å². The zero-order valence-electron chi connectivity index (χ0n) is 13.5. The molecule has 0 aromatic carbocycles. The number of nitrogens with one attached hydrogen (secondary N) is 2. The van der Waals surface area contributed by atoms with Crippen molar-refractivity contribution >= 4 is 11.9 Å². The van der Waals surface area contributed by atoms with Crippen molar-refractivity contribution < 1.29 is 4.79 Å². The highest BCUT2D eigenvalue weighted by molar-refractivity contribution is 5.91. The molecular weight excluding hydrogens is 308 g/mol. The van der Waals surface area contributed by atoms with Gasteiger partial charge in [0.25, 0.3) is 5.91 Å². The Bertz CT molecular complexity index is 761. The van der Waals surface area contributed by atoms with E-state index in [2.05, 4.69) is 30.4 Å². The lowest BCUT2D eigenvalue weighted by molar-refractivity contribution is 0.0944. The van der Waals surface area contributed by atoms with Crippen LogP contribution in [0.2, 0.25) is 0 Å². The van der Waals surface area contributed by atoms with E-state index >= 15 is 0 Å². The van der Waals surface area contributed by atoms with E-state index in [-0.39, 0.29) is 11.1 Å². The van der Waals surface area contributed by atoms with Crippen molar-refractivity contribution in [2.45, 2.75) is 19.8 Å². The molecule has 1 atom stereocenters. The fraction of sp³-hybridized carbons (Fsp3) is 0.438. The molecule has 1 aliphatic rings. The maximum atomic E-state index is 12.0. The van der Waals surface area contributed by atoms with Crippen LogP contribution in [0.4, 0.5) is 5.95 Å². The van der Waals surface area contributed by atoms with Crippen LogP contribution in [0.25, 0.3) is 0 Å². The Morgan fingerprint density at radius 1 is 1.42 bits per heavy atom. The van der Waals surface area contributed by atoms with Crippen molar-refractivity contribution in [2.24, 2.45) is 5.92 Å². The number of aromatic amines is 1. The van der Waals surface area contributed by atoms with Gasteiger partial charge in [0.2, 0.25) is 11.4 Å². The number of carbonyl (C=O) groups is 1. The van der Waals surface area contributed by atoms with Gasteiger partial charge in [-0.2, -0.15) is 5.10 Å². The van der Waals surface area contributed by atoms with Crippen molar-refractivity contribution in [3.8, 4) is 0 Å². The van der Waals surface area contributed by atoms with Gasteiger partial charge < -0.3 is 10.2 Å². The maximum absolute atomic E-state index is 12.0. The molecule has 3 rings (SSSR count). The van der Waals surface area contributed by atoms with Gasteiger partial charge in [0.05, 0.1) is 0 Å². The zero-order chi connectivity index (χ0) is 16.9. The first-order valence-corrected chi connectivity index (χ1v) is 8.00. The molecule has 1 saturated heterocycles. The quantitative estimate of drug-likeness (QED) is 0.829. The largest absolute Gasteiger partial charge is 0.351 e. The smallest absolute Gasteiger partial charge is 0.275 e. The molecule has 126 valence electrons. The second kappa shape index (κ2) is 7.20. The predicted molar refractivity (Wildman–Crippen MR) is 88.9 cm³/mol. The number of hydrogen-bond acceptors (Lipinski definition) is 6. The highest BCUT2D eigenvalue weighted by Crippen LogP contribution is 2.22. The molecule has 2 aromatic heterocycles.